The lowest BCUT2D eigenvalue weighted by molar-refractivity contribution is -0.158. The van der Waals surface area contributed by atoms with E-state index in [1.54, 1.807) is 24.9 Å². The molecule has 2 N–H and O–H groups in total. The predicted molar refractivity (Wildman–Crippen MR) is 195 cm³/mol. The van der Waals surface area contributed by atoms with Gasteiger partial charge in [-0.05, 0) is 66.3 Å². The summed E-state index contributed by atoms with van der Waals surface area (Å²) in [5.74, 6) is -3.58. The lowest BCUT2D eigenvalue weighted by atomic mass is 9.94. The highest BCUT2D eigenvalue weighted by molar-refractivity contribution is 6.05. The maximum absolute atomic E-state index is 13.4. The Morgan fingerprint density at radius 3 is 2.04 bits per heavy atom. The number of rotatable bonds is 11. The summed E-state index contributed by atoms with van der Waals surface area (Å²) in [7, 11) is 2.55. The zero-order valence-corrected chi connectivity index (χ0v) is 30.9. The first-order chi connectivity index (χ1) is 25.4. The van der Waals surface area contributed by atoms with E-state index in [9.17, 15) is 24.0 Å². The molecule has 2 fully saturated rings. The highest BCUT2D eigenvalue weighted by Gasteiger charge is 2.42. The van der Waals surface area contributed by atoms with Crippen molar-refractivity contribution in [3.8, 4) is 22.4 Å². The summed E-state index contributed by atoms with van der Waals surface area (Å²) in [4.78, 5) is 76.2. The molecule has 2 aliphatic rings. The second-order valence-corrected chi connectivity index (χ2v) is 14.4. The van der Waals surface area contributed by atoms with Crippen molar-refractivity contribution in [2.75, 3.05) is 32.6 Å². The van der Waals surface area contributed by atoms with Crippen molar-refractivity contribution in [2.24, 2.45) is 23.7 Å². The third-order valence-electron chi connectivity index (χ3n) is 10.3. The summed E-state index contributed by atoms with van der Waals surface area (Å²) in [6.07, 6.45) is 4.41. The van der Waals surface area contributed by atoms with Crippen LogP contribution in [0.15, 0.2) is 53.2 Å². The number of benzene rings is 2. The van der Waals surface area contributed by atoms with Gasteiger partial charge in [0, 0.05) is 13.1 Å². The van der Waals surface area contributed by atoms with Crippen molar-refractivity contribution >= 4 is 46.4 Å². The van der Waals surface area contributed by atoms with E-state index in [1.807, 2.05) is 56.3 Å². The highest BCUT2D eigenvalue weighted by atomic mass is 16.5. The van der Waals surface area contributed by atoms with Crippen molar-refractivity contribution in [1.29, 1.82) is 0 Å². The minimum atomic E-state index is -0.983. The number of nitrogens with zero attached hydrogens (tertiary/aromatic N) is 4. The Bertz CT molecular complexity index is 2000. The van der Waals surface area contributed by atoms with Gasteiger partial charge in [-0.25, -0.2) is 4.98 Å². The topological polar surface area (TPSA) is 177 Å². The number of amides is 3. The van der Waals surface area contributed by atoms with Crippen LogP contribution in [-0.4, -0.2) is 87.9 Å². The Morgan fingerprint density at radius 2 is 1.40 bits per heavy atom. The molecule has 14 heteroatoms. The van der Waals surface area contributed by atoms with Gasteiger partial charge >= 0.3 is 11.9 Å². The monoisotopic (exact) mass is 726 g/mol. The van der Waals surface area contributed by atoms with Crippen LogP contribution in [0.25, 0.3) is 33.4 Å². The zero-order chi connectivity index (χ0) is 38.0. The van der Waals surface area contributed by atoms with Gasteiger partial charge in [0.1, 0.15) is 23.7 Å². The van der Waals surface area contributed by atoms with Crippen molar-refractivity contribution in [2.45, 2.75) is 65.5 Å². The van der Waals surface area contributed by atoms with E-state index in [4.69, 9.17) is 14.0 Å². The fourth-order valence-electron chi connectivity index (χ4n) is 7.45. The number of methoxy groups -OCH3 is 2. The molecule has 4 aromatic rings. The molecule has 2 aromatic heterocycles. The number of H-pyrrole nitrogens is 1. The molecule has 2 aliphatic heterocycles. The predicted octanol–water partition coefficient (Wildman–Crippen LogP) is 5.37. The van der Waals surface area contributed by atoms with Gasteiger partial charge in [0.05, 0.1) is 37.5 Å². The Balaban J connectivity index is 1.13. The van der Waals surface area contributed by atoms with Crippen molar-refractivity contribution in [3.63, 3.8) is 0 Å². The van der Waals surface area contributed by atoms with Crippen molar-refractivity contribution in [1.82, 2.24) is 24.9 Å². The van der Waals surface area contributed by atoms with E-state index in [0.717, 1.165) is 35.2 Å². The molecule has 2 saturated heterocycles. The molecule has 6 rings (SSSR count). The fraction of sp³-hybridized carbons (Fsp3) is 0.462. The number of esters is 2. The first-order valence-corrected chi connectivity index (χ1v) is 18.1. The molecule has 53 heavy (non-hydrogen) atoms. The van der Waals surface area contributed by atoms with E-state index in [2.05, 4.69) is 20.4 Å². The summed E-state index contributed by atoms with van der Waals surface area (Å²) < 4.78 is 15.4. The molecule has 4 heterocycles. The first kappa shape index (κ1) is 37.2. The maximum Gasteiger partial charge on any atom is 0.318 e. The van der Waals surface area contributed by atoms with Crippen molar-refractivity contribution < 1.29 is 38.0 Å². The average molecular weight is 727 g/mol. The van der Waals surface area contributed by atoms with Crippen LogP contribution in [0.4, 0.5) is 5.82 Å². The van der Waals surface area contributed by atoms with E-state index < -0.39 is 41.6 Å². The van der Waals surface area contributed by atoms with E-state index in [0.29, 0.717) is 42.7 Å². The molecular formula is C39H46N6O8. The number of likely N-dealkylation sites (tertiary alicyclic amines) is 2. The number of anilines is 1. The summed E-state index contributed by atoms with van der Waals surface area (Å²) in [5.41, 5.74) is 4.00. The maximum atomic E-state index is 13.4. The van der Waals surface area contributed by atoms with Crippen molar-refractivity contribution in [3.05, 3.63) is 54.5 Å². The number of nitrogens with one attached hydrogen (secondary N) is 2. The van der Waals surface area contributed by atoms with Crippen LogP contribution in [0.5, 0.6) is 0 Å². The molecule has 0 aliphatic carbocycles. The van der Waals surface area contributed by atoms with Crippen LogP contribution in [0.1, 0.15) is 65.2 Å². The van der Waals surface area contributed by atoms with Crippen LogP contribution in [0.3, 0.4) is 0 Å². The SMILES string of the molecule is COC(=O)C(C(=O)N1CCCC1C(=O)Nc1noc2cc(-c3ccc(-c4cnc(C5CCCN5C(=O)C(C(=O)OC)C(C)C)[nH]4)cc3)ccc12)C(C)C. The van der Waals surface area contributed by atoms with Gasteiger partial charge in [0.25, 0.3) is 0 Å². The smallest absolute Gasteiger partial charge is 0.318 e. The minimum Gasteiger partial charge on any atom is -0.468 e. The Labute approximate surface area is 307 Å². The molecule has 0 radical (unpaired) electrons. The van der Waals surface area contributed by atoms with E-state index in [1.165, 1.54) is 19.1 Å². The average Bonchev–Trinajstić information content (AvgIpc) is 3.98. The number of fused-ring (bicyclic) bond motifs is 1. The number of carbonyl (C=O) groups excluding carboxylic acids is 5. The molecule has 0 spiro atoms. The van der Waals surface area contributed by atoms with Gasteiger partial charge in [-0.3, -0.25) is 24.0 Å². The molecule has 3 amide bonds. The number of aromatic nitrogens is 3. The number of hydrogen-bond donors (Lipinski definition) is 2. The second kappa shape index (κ2) is 15.6. The summed E-state index contributed by atoms with van der Waals surface area (Å²) in [6.45, 7) is 8.16. The second-order valence-electron chi connectivity index (χ2n) is 14.4. The minimum absolute atomic E-state index is 0.194. The molecular weight excluding hydrogens is 680 g/mol. The zero-order valence-electron chi connectivity index (χ0n) is 30.9. The number of hydrogen-bond acceptors (Lipinski definition) is 10. The Kier molecular flexibility index (Phi) is 11.0. The number of ether oxygens (including phenoxy) is 2. The number of imidazole rings is 1. The number of aromatic amines is 1. The molecule has 4 atom stereocenters. The first-order valence-electron chi connectivity index (χ1n) is 18.1. The molecule has 2 aromatic carbocycles. The van der Waals surface area contributed by atoms with Gasteiger partial charge in [-0.15, -0.1) is 0 Å². The fourth-order valence-corrected chi connectivity index (χ4v) is 7.45. The Morgan fingerprint density at radius 1 is 0.811 bits per heavy atom. The summed E-state index contributed by atoms with van der Waals surface area (Å²) in [5, 5.41) is 7.55. The van der Waals surface area contributed by atoms with Gasteiger partial charge in [-0.1, -0.05) is 63.2 Å². The van der Waals surface area contributed by atoms with Crippen LogP contribution < -0.4 is 5.32 Å². The van der Waals surface area contributed by atoms with Gasteiger partial charge in [0.15, 0.2) is 11.4 Å². The van der Waals surface area contributed by atoms with Gasteiger partial charge in [0.2, 0.25) is 17.7 Å². The largest absolute Gasteiger partial charge is 0.468 e. The van der Waals surface area contributed by atoms with Crippen LogP contribution in [0.2, 0.25) is 0 Å². The lowest BCUT2D eigenvalue weighted by Crippen LogP contribution is -2.48. The van der Waals surface area contributed by atoms with Gasteiger partial charge in [-0.2, -0.15) is 0 Å². The molecule has 4 unspecified atom stereocenters. The van der Waals surface area contributed by atoms with Crippen LogP contribution in [0, 0.1) is 23.7 Å². The third-order valence-corrected chi connectivity index (χ3v) is 10.3. The normalized spacial score (nSPS) is 18.4. The molecule has 14 nitrogen and oxygen atoms in total. The van der Waals surface area contributed by atoms with Gasteiger partial charge < -0.3 is 34.1 Å². The van der Waals surface area contributed by atoms with E-state index >= 15 is 0 Å². The Hall–Kier alpha value is -5.53. The number of carbonyl (C=O) groups is 5. The van der Waals surface area contributed by atoms with Crippen LogP contribution in [-0.2, 0) is 33.4 Å². The third kappa shape index (κ3) is 7.40. The van der Waals surface area contributed by atoms with E-state index in [-0.39, 0.29) is 29.6 Å². The molecule has 280 valence electrons. The summed E-state index contributed by atoms with van der Waals surface area (Å²) >= 11 is 0. The lowest BCUT2D eigenvalue weighted by Gasteiger charge is -2.28. The molecule has 0 bridgehead atoms. The highest BCUT2D eigenvalue weighted by Crippen LogP contribution is 2.35. The quantitative estimate of drug-likeness (QED) is 0.151. The molecule has 0 saturated carbocycles. The van der Waals surface area contributed by atoms with Crippen LogP contribution >= 0.6 is 0 Å². The standard InChI is InChI=1S/C39H46N6O8/c1-21(2)31(38(49)51-5)36(47)44-17-7-9-28(44)34-40-20-27(41-34)24-13-11-23(12-14-24)25-15-16-26-30(19-25)53-43-33(26)42-35(46)29-10-8-18-45(29)37(48)32(22(3)4)39(50)52-6/h11-16,19-22,28-29,31-32H,7-10,17-18H2,1-6H3,(H,40,41)(H,42,43,46). The summed E-state index contributed by atoms with van der Waals surface area (Å²) in [6, 6.07) is 12.5.